The van der Waals surface area contributed by atoms with Gasteiger partial charge in [-0.2, -0.15) is 0 Å². The Hall–Kier alpha value is -5.15. The van der Waals surface area contributed by atoms with E-state index < -0.39 is 0 Å². The largest absolute Gasteiger partial charge is 0.245 e. The Balaban J connectivity index is 1.22. The van der Waals surface area contributed by atoms with Gasteiger partial charge in [0.15, 0.2) is 0 Å². The maximum absolute atomic E-state index is 13.5. The minimum absolute atomic E-state index is 0.256. The van der Waals surface area contributed by atoms with Crippen molar-refractivity contribution in [3.63, 3.8) is 0 Å². The quantitative estimate of drug-likeness (QED) is 0.219. The molecular weight excluding hydrogens is 491 g/mol. The first-order valence-corrected chi connectivity index (χ1v) is 13.5. The highest BCUT2D eigenvalue weighted by atomic mass is 19.1. The highest BCUT2D eigenvalue weighted by Crippen LogP contribution is 2.39. The zero-order valence-electron chi connectivity index (χ0n) is 21.6. The molecule has 0 bridgehead atoms. The van der Waals surface area contributed by atoms with Crippen molar-refractivity contribution in [3.05, 3.63) is 144 Å². The topological polar surface area (TPSA) is 25.8 Å². The van der Waals surface area contributed by atoms with Crippen LogP contribution in [0.4, 0.5) is 4.39 Å². The SMILES string of the molecule is Fc1ccc(-c2ccc3ccc4ccc(-c5cccc(-c6ccc7c(c6)-c6ccccc6C7)c5)nc4c3n2)cc1. The highest BCUT2D eigenvalue weighted by molar-refractivity contribution is 6.04. The lowest BCUT2D eigenvalue weighted by Gasteiger charge is -2.10. The van der Waals surface area contributed by atoms with E-state index in [1.807, 2.05) is 6.07 Å². The van der Waals surface area contributed by atoms with Crippen LogP contribution >= 0.6 is 0 Å². The van der Waals surface area contributed by atoms with E-state index in [4.69, 9.17) is 9.97 Å². The van der Waals surface area contributed by atoms with Crippen LogP contribution < -0.4 is 0 Å². The molecule has 3 heteroatoms. The third kappa shape index (κ3) is 3.78. The van der Waals surface area contributed by atoms with E-state index in [1.165, 1.54) is 45.5 Å². The van der Waals surface area contributed by atoms with Crippen LogP contribution in [0.2, 0.25) is 0 Å². The normalized spacial score (nSPS) is 12.0. The second kappa shape index (κ2) is 8.96. The Morgan fingerprint density at radius 3 is 1.82 bits per heavy atom. The van der Waals surface area contributed by atoms with Gasteiger partial charge < -0.3 is 0 Å². The third-order valence-electron chi connectivity index (χ3n) is 7.95. The molecule has 1 aliphatic carbocycles. The fraction of sp³-hybridized carbons (Fsp3) is 0.0270. The van der Waals surface area contributed by atoms with Crippen molar-refractivity contribution in [2.45, 2.75) is 6.42 Å². The molecule has 0 amide bonds. The predicted octanol–water partition coefficient (Wildman–Crippen LogP) is 9.49. The lowest BCUT2D eigenvalue weighted by Crippen LogP contribution is -1.91. The second-order valence-electron chi connectivity index (χ2n) is 10.4. The molecule has 7 aromatic rings. The van der Waals surface area contributed by atoms with Crippen molar-refractivity contribution >= 4 is 21.8 Å². The van der Waals surface area contributed by atoms with Gasteiger partial charge in [-0.05, 0) is 88.3 Å². The molecule has 0 N–H and O–H groups in total. The molecule has 0 fully saturated rings. The molecule has 40 heavy (non-hydrogen) atoms. The monoisotopic (exact) mass is 514 g/mol. The van der Waals surface area contributed by atoms with Crippen molar-refractivity contribution < 1.29 is 4.39 Å². The molecule has 2 aromatic heterocycles. The summed E-state index contributed by atoms with van der Waals surface area (Å²) in [6, 6.07) is 42.9. The summed E-state index contributed by atoms with van der Waals surface area (Å²) in [5.74, 6) is -0.256. The van der Waals surface area contributed by atoms with Crippen molar-refractivity contribution in [2.75, 3.05) is 0 Å². The van der Waals surface area contributed by atoms with E-state index in [1.54, 1.807) is 12.1 Å². The predicted molar refractivity (Wildman–Crippen MR) is 162 cm³/mol. The van der Waals surface area contributed by atoms with Crippen LogP contribution in [0.15, 0.2) is 127 Å². The molecule has 0 spiro atoms. The summed E-state index contributed by atoms with van der Waals surface area (Å²) in [5, 5.41) is 2.06. The van der Waals surface area contributed by atoms with Gasteiger partial charge in [0.2, 0.25) is 0 Å². The van der Waals surface area contributed by atoms with Crippen LogP contribution in [0.3, 0.4) is 0 Å². The van der Waals surface area contributed by atoms with Crippen molar-refractivity contribution in [2.24, 2.45) is 0 Å². The van der Waals surface area contributed by atoms with Gasteiger partial charge in [-0.25, -0.2) is 14.4 Å². The Labute approximate surface area is 231 Å². The zero-order valence-corrected chi connectivity index (χ0v) is 21.6. The summed E-state index contributed by atoms with van der Waals surface area (Å²) in [5.41, 5.74) is 13.2. The minimum Gasteiger partial charge on any atom is -0.245 e. The van der Waals surface area contributed by atoms with Crippen LogP contribution in [0, 0.1) is 5.82 Å². The van der Waals surface area contributed by atoms with Crippen molar-refractivity contribution in [1.82, 2.24) is 9.97 Å². The summed E-state index contributed by atoms with van der Waals surface area (Å²) in [7, 11) is 0. The first-order chi connectivity index (χ1) is 19.7. The van der Waals surface area contributed by atoms with Crippen LogP contribution in [0.5, 0.6) is 0 Å². The number of aromatic nitrogens is 2. The lowest BCUT2D eigenvalue weighted by molar-refractivity contribution is 0.628. The van der Waals surface area contributed by atoms with Gasteiger partial charge in [0, 0.05) is 21.9 Å². The highest BCUT2D eigenvalue weighted by Gasteiger charge is 2.18. The second-order valence-corrected chi connectivity index (χ2v) is 10.4. The number of rotatable bonds is 3. The van der Waals surface area contributed by atoms with Crippen LogP contribution in [-0.4, -0.2) is 9.97 Å². The van der Waals surface area contributed by atoms with Gasteiger partial charge in [-0.15, -0.1) is 0 Å². The maximum atomic E-state index is 13.5. The van der Waals surface area contributed by atoms with Gasteiger partial charge in [0.25, 0.3) is 0 Å². The standard InChI is InChI=1S/C37H23FN2/c38-31-16-12-23(13-17-31)34-18-14-24-8-9-25-15-19-35(40-37(25)36(24)39-34)30-6-3-5-26(20-30)27-10-11-29-21-28-4-1-2-7-32(28)33(29)22-27/h1-20,22H,21H2. The number of hydrogen-bond acceptors (Lipinski definition) is 2. The minimum atomic E-state index is -0.256. The number of halogens is 1. The maximum Gasteiger partial charge on any atom is 0.123 e. The smallest absolute Gasteiger partial charge is 0.123 e. The van der Waals surface area contributed by atoms with E-state index in [2.05, 4.69) is 97.1 Å². The average Bonchev–Trinajstić information content (AvgIpc) is 3.39. The molecule has 188 valence electrons. The first-order valence-electron chi connectivity index (χ1n) is 13.5. The Morgan fingerprint density at radius 2 is 1.05 bits per heavy atom. The molecule has 0 atom stereocenters. The summed E-state index contributed by atoms with van der Waals surface area (Å²) in [6.07, 6.45) is 0.998. The van der Waals surface area contributed by atoms with Gasteiger partial charge in [0.05, 0.1) is 22.4 Å². The van der Waals surface area contributed by atoms with Gasteiger partial charge >= 0.3 is 0 Å². The molecule has 1 aliphatic rings. The fourth-order valence-corrected chi connectivity index (χ4v) is 5.87. The van der Waals surface area contributed by atoms with E-state index in [-0.39, 0.29) is 5.82 Å². The zero-order chi connectivity index (χ0) is 26.6. The Kier molecular flexibility index (Phi) is 5.11. The molecule has 0 saturated carbocycles. The average molecular weight is 515 g/mol. The molecule has 0 aliphatic heterocycles. The molecule has 8 rings (SSSR count). The van der Waals surface area contributed by atoms with Gasteiger partial charge in [0.1, 0.15) is 5.82 Å². The number of benzene rings is 5. The third-order valence-corrected chi connectivity index (χ3v) is 7.95. The van der Waals surface area contributed by atoms with E-state index in [0.717, 1.165) is 50.7 Å². The van der Waals surface area contributed by atoms with Crippen LogP contribution in [0.25, 0.3) is 66.6 Å². The van der Waals surface area contributed by atoms with E-state index in [9.17, 15) is 4.39 Å². The Bertz CT molecular complexity index is 2090. The molecule has 2 heterocycles. The summed E-state index contributed by atoms with van der Waals surface area (Å²) >= 11 is 0. The molecule has 0 radical (unpaired) electrons. The first kappa shape index (κ1) is 22.8. The fourth-order valence-electron chi connectivity index (χ4n) is 5.87. The van der Waals surface area contributed by atoms with E-state index >= 15 is 0 Å². The lowest BCUT2D eigenvalue weighted by atomic mass is 9.97. The van der Waals surface area contributed by atoms with Gasteiger partial charge in [-0.3, -0.25) is 0 Å². The van der Waals surface area contributed by atoms with Crippen molar-refractivity contribution in [1.29, 1.82) is 0 Å². The number of fused-ring (bicyclic) bond motifs is 6. The van der Waals surface area contributed by atoms with Crippen molar-refractivity contribution in [3.8, 4) is 44.8 Å². The Morgan fingerprint density at radius 1 is 0.450 bits per heavy atom. The summed E-state index contributed by atoms with van der Waals surface area (Å²) < 4.78 is 13.5. The molecule has 0 unspecified atom stereocenters. The number of hydrogen-bond donors (Lipinski definition) is 0. The summed E-state index contributed by atoms with van der Waals surface area (Å²) in [4.78, 5) is 10.1. The summed E-state index contributed by atoms with van der Waals surface area (Å²) in [6.45, 7) is 0. The molecule has 5 aromatic carbocycles. The number of nitrogens with zero attached hydrogens (tertiary/aromatic N) is 2. The van der Waals surface area contributed by atoms with E-state index in [0.29, 0.717) is 0 Å². The molecule has 0 saturated heterocycles. The van der Waals surface area contributed by atoms with Crippen LogP contribution in [-0.2, 0) is 6.42 Å². The van der Waals surface area contributed by atoms with Crippen LogP contribution in [0.1, 0.15) is 11.1 Å². The van der Waals surface area contributed by atoms with Gasteiger partial charge in [-0.1, -0.05) is 78.9 Å². The number of pyridine rings is 2. The molecule has 2 nitrogen and oxygen atoms in total. The molecular formula is C37H23FN2.